The van der Waals surface area contributed by atoms with E-state index in [-0.39, 0.29) is 16.6 Å². The van der Waals surface area contributed by atoms with Crippen molar-refractivity contribution in [2.75, 3.05) is 0 Å². The number of alkyl halides is 3. The van der Waals surface area contributed by atoms with E-state index in [1.165, 1.54) is 12.3 Å². The van der Waals surface area contributed by atoms with Crippen LogP contribution in [0.1, 0.15) is 16.7 Å². The van der Waals surface area contributed by atoms with Crippen LogP contribution < -0.4 is 15.5 Å². The third-order valence-electron chi connectivity index (χ3n) is 4.34. The van der Waals surface area contributed by atoms with Gasteiger partial charge >= 0.3 is 11.9 Å². The van der Waals surface area contributed by atoms with Crippen molar-refractivity contribution in [2.24, 2.45) is 5.10 Å². The van der Waals surface area contributed by atoms with Crippen molar-refractivity contribution >= 4 is 45.2 Å². The Morgan fingerprint density at radius 1 is 1.12 bits per heavy atom. The summed E-state index contributed by atoms with van der Waals surface area (Å²) >= 11 is 8.49. The minimum absolute atomic E-state index is 0.139. The van der Waals surface area contributed by atoms with Crippen LogP contribution in [0.5, 0.6) is 11.5 Å². The average Bonchev–Trinajstić information content (AvgIpc) is 2.79. The molecule has 0 spiro atoms. The fraction of sp³-hybridized carbons (Fsp3) is 0.0909. The Morgan fingerprint density at radius 2 is 1.82 bits per heavy atom. The van der Waals surface area contributed by atoms with Gasteiger partial charge in [0, 0.05) is 22.6 Å². The quantitative estimate of drug-likeness (QED) is 0.158. The Labute approximate surface area is 205 Å². The summed E-state index contributed by atoms with van der Waals surface area (Å²) in [5.74, 6) is -0.206. The molecule has 2 N–H and O–H groups in total. The lowest BCUT2D eigenvalue weighted by atomic mass is 10.1. The number of nitro benzene ring substituents is 1. The fourth-order valence-corrected chi connectivity index (χ4v) is 3.24. The molecule has 0 bridgehead atoms. The van der Waals surface area contributed by atoms with Gasteiger partial charge in [-0.3, -0.25) is 15.5 Å². The molecule has 0 aromatic heterocycles. The summed E-state index contributed by atoms with van der Waals surface area (Å²) in [7, 11) is 0. The SMILES string of the molecule is O=[N+]([O-])c1cc(C(F)(F)F)ccc1Oc1ccc(Br)cc1/C=N\NC(=S)NCc1ccccc1. The van der Waals surface area contributed by atoms with Gasteiger partial charge in [0.2, 0.25) is 5.75 Å². The van der Waals surface area contributed by atoms with Crippen molar-refractivity contribution in [3.63, 3.8) is 0 Å². The van der Waals surface area contributed by atoms with E-state index in [1.54, 1.807) is 12.1 Å². The molecule has 0 atom stereocenters. The lowest BCUT2D eigenvalue weighted by Crippen LogP contribution is -2.31. The molecule has 3 aromatic rings. The smallest absolute Gasteiger partial charge is 0.416 e. The van der Waals surface area contributed by atoms with Crippen LogP contribution in [0.25, 0.3) is 0 Å². The van der Waals surface area contributed by atoms with Gasteiger partial charge in [0.1, 0.15) is 5.75 Å². The monoisotopic (exact) mass is 552 g/mol. The zero-order valence-corrected chi connectivity index (χ0v) is 19.6. The van der Waals surface area contributed by atoms with E-state index in [4.69, 9.17) is 17.0 Å². The molecule has 0 aliphatic carbocycles. The van der Waals surface area contributed by atoms with Crippen LogP contribution in [0.2, 0.25) is 0 Å². The van der Waals surface area contributed by atoms with E-state index in [9.17, 15) is 23.3 Å². The Morgan fingerprint density at radius 3 is 2.50 bits per heavy atom. The highest BCUT2D eigenvalue weighted by Gasteiger charge is 2.33. The molecule has 0 saturated heterocycles. The normalized spacial score (nSPS) is 11.3. The van der Waals surface area contributed by atoms with Gasteiger partial charge in [-0.25, -0.2) is 0 Å². The highest BCUT2D eigenvalue weighted by molar-refractivity contribution is 9.10. The first kappa shape index (κ1) is 25.1. The molecule has 0 heterocycles. The molecule has 0 aliphatic rings. The largest absolute Gasteiger partial charge is 0.449 e. The van der Waals surface area contributed by atoms with Crippen molar-refractivity contribution in [1.29, 1.82) is 0 Å². The van der Waals surface area contributed by atoms with Crippen LogP contribution in [0.3, 0.4) is 0 Å². The minimum Gasteiger partial charge on any atom is -0.449 e. The lowest BCUT2D eigenvalue weighted by Gasteiger charge is -2.12. The molecule has 34 heavy (non-hydrogen) atoms. The van der Waals surface area contributed by atoms with Crippen LogP contribution in [-0.2, 0) is 12.7 Å². The third kappa shape index (κ3) is 6.99. The van der Waals surface area contributed by atoms with Crippen molar-refractivity contribution in [1.82, 2.24) is 10.7 Å². The van der Waals surface area contributed by atoms with E-state index in [0.717, 1.165) is 11.6 Å². The van der Waals surface area contributed by atoms with Crippen molar-refractivity contribution in [2.45, 2.75) is 12.7 Å². The molecule has 3 rings (SSSR count). The maximum atomic E-state index is 12.9. The van der Waals surface area contributed by atoms with Crippen molar-refractivity contribution in [3.05, 3.63) is 98.0 Å². The predicted octanol–water partition coefficient (Wildman–Crippen LogP) is 6.17. The number of halogens is 4. The molecule has 0 saturated carbocycles. The van der Waals surface area contributed by atoms with Gasteiger partial charge in [-0.15, -0.1) is 0 Å². The average molecular weight is 553 g/mol. The van der Waals surface area contributed by atoms with Crippen LogP contribution in [0, 0.1) is 10.1 Å². The summed E-state index contributed by atoms with van der Waals surface area (Å²) in [6, 6.07) is 16.4. The number of benzene rings is 3. The summed E-state index contributed by atoms with van der Waals surface area (Å²) in [4.78, 5) is 10.4. The number of thiocarbonyl (C=S) groups is 1. The van der Waals surface area contributed by atoms with E-state index in [0.29, 0.717) is 28.7 Å². The van der Waals surface area contributed by atoms with E-state index in [2.05, 4.69) is 31.8 Å². The molecule has 12 heteroatoms. The van der Waals surface area contributed by atoms with Gasteiger partial charge in [-0.1, -0.05) is 46.3 Å². The molecule has 0 radical (unpaired) electrons. The fourth-order valence-electron chi connectivity index (χ4n) is 2.73. The molecule has 0 amide bonds. The second kappa shape index (κ2) is 11.1. The lowest BCUT2D eigenvalue weighted by molar-refractivity contribution is -0.385. The molecule has 0 fully saturated rings. The minimum atomic E-state index is -4.72. The summed E-state index contributed by atoms with van der Waals surface area (Å²) in [6.45, 7) is 0.491. The number of hydrogen-bond donors (Lipinski definition) is 2. The first-order chi connectivity index (χ1) is 16.1. The van der Waals surface area contributed by atoms with Crippen LogP contribution >= 0.6 is 28.1 Å². The second-order valence-corrected chi connectivity index (χ2v) is 8.08. The number of rotatable bonds is 7. The number of hydrazone groups is 1. The number of nitrogens with zero attached hydrogens (tertiary/aromatic N) is 2. The zero-order chi connectivity index (χ0) is 24.7. The van der Waals surface area contributed by atoms with Gasteiger partial charge in [0.05, 0.1) is 16.7 Å². The topological polar surface area (TPSA) is 88.8 Å². The zero-order valence-electron chi connectivity index (χ0n) is 17.2. The van der Waals surface area contributed by atoms with Crippen LogP contribution in [0.4, 0.5) is 18.9 Å². The molecule has 3 aromatic carbocycles. The predicted molar refractivity (Wildman–Crippen MR) is 129 cm³/mol. The highest BCUT2D eigenvalue weighted by Crippen LogP contribution is 2.38. The van der Waals surface area contributed by atoms with E-state index < -0.39 is 22.4 Å². The maximum absolute atomic E-state index is 12.9. The third-order valence-corrected chi connectivity index (χ3v) is 5.07. The van der Waals surface area contributed by atoms with Crippen LogP contribution in [0.15, 0.2) is 76.3 Å². The molecule has 176 valence electrons. The summed E-state index contributed by atoms with van der Waals surface area (Å²) in [5, 5.41) is 18.6. The molecular formula is C22H16BrF3N4O3S. The Kier molecular flexibility index (Phi) is 8.18. The standard InChI is InChI=1S/C22H16BrF3N4O3S/c23-17-7-9-19(33-20-8-6-16(22(24,25)26)11-18(20)30(31)32)15(10-17)13-28-29-21(34)27-12-14-4-2-1-3-5-14/h1-11,13H,12H2,(H2,27,29,34)/b28-13-. The van der Waals surface area contributed by atoms with Crippen molar-refractivity contribution in [3.8, 4) is 11.5 Å². The van der Waals surface area contributed by atoms with Gasteiger partial charge in [-0.05, 0) is 48.1 Å². The van der Waals surface area contributed by atoms with Gasteiger partial charge in [-0.2, -0.15) is 18.3 Å². The number of nitrogens with one attached hydrogen (secondary N) is 2. The first-order valence-corrected chi connectivity index (χ1v) is 10.8. The molecule has 7 nitrogen and oxygen atoms in total. The summed E-state index contributed by atoms with van der Waals surface area (Å²) < 4.78 is 45.1. The number of hydrogen-bond acceptors (Lipinski definition) is 5. The maximum Gasteiger partial charge on any atom is 0.416 e. The Hall–Kier alpha value is -3.51. The van der Waals surface area contributed by atoms with Gasteiger partial charge < -0.3 is 10.1 Å². The van der Waals surface area contributed by atoms with E-state index in [1.807, 2.05) is 30.3 Å². The van der Waals surface area contributed by atoms with E-state index >= 15 is 0 Å². The van der Waals surface area contributed by atoms with Gasteiger partial charge in [0.25, 0.3) is 0 Å². The summed E-state index contributed by atoms with van der Waals surface area (Å²) in [6.07, 6.45) is -3.36. The Balaban J connectivity index is 1.75. The molecule has 0 unspecified atom stereocenters. The second-order valence-electron chi connectivity index (χ2n) is 6.76. The highest BCUT2D eigenvalue weighted by atomic mass is 79.9. The van der Waals surface area contributed by atoms with Gasteiger partial charge in [0.15, 0.2) is 5.11 Å². The van der Waals surface area contributed by atoms with Crippen LogP contribution in [-0.4, -0.2) is 16.3 Å². The van der Waals surface area contributed by atoms with Crippen molar-refractivity contribution < 1.29 is 22.8 Å². The summed E-state index contributed by atoms with van der Waals surface area (Å²) in [5.41, 5.74) is 2.10. The number of nitro groups is 1. The molecule has 0 aliphatic heterocycles. The number of ether oxygens (including phenoxy) is 1. The Bertz CT molecular complexity index is 1220. The first-order valence-electron chi connectivity index (χ1n) is 9.57. The molecular weight excluding hydrogens is 537 g/mol.